The van der Waals surface area contributed by atoms with Crippen LogP contribution in [-0.2, 0) is 6.54 Å². The second kappa shape index (κ2) is 6.50. The molecule has 0 saturated carbocycles. The van der Waals surface area contributed by atoms with Gasteiger partial charge in [0.2, 0.25) is 0 Å². The molecule has 0 aliphatic carbocycles. The quantitative estimate of drug-likeness (QED) is 0.621. The molecule has 0 bridgehead atoms. The van der Waals surface area contributed by atoms with Crippen molar-refractivity contribution in [1.29, 1.82) is 0 Å². The molecule has 0 amide bonds. The van der Waals surface area contributed by atoms with Gasteiger partial charge in [0.05, 0.1) is 4.92 Å². The largest absolute Gasteiger partial charge is 0.310 e. The van der Waals surface area contributed by atoms with Crippen molar-refractivity contribution in [2.75, 3.05) is 0 Å². The van der Waals surface area contributed by atoms with E-state index in [9.17, 15) is 10.1 Å². The number of nitro groups is 1. The summed E-state index contributed by atoms with van der Waals surface area (Å²) in [6.07, 6.45) is 1.11. The normalized spacial score (nSPS) is 12.7. The fraction of sp³-hybridized carbons (Fsp3) is 0.571. The maximum Gasteiger partial charge on any atom is 0.272 e. The summed E-state index contributed by atoms with van der Waals surface area (Å²) in [6.45, 7) is 8.96. The standard InChI is InChI=1S/C14H22N2O2/c1-10(2)7-12(4)15-9-13-6-5-11(3)14(8-13)16(17)18/h5-6,8,10,12,15H,7,9H2,1-4H3. The molecule has 0 heterocycles. The van der Waals surface area contributed by atoms with Crippen molar-refractivity contribution in [3.05, 3.63) is 39.4 Å². The van der Waals surface area contributed by atoms with Crippen molar-refractivity contribution in [2.24, 2.45) is 5.92 Å². The monoisotopic (exact) mass is 250 g/mol. The van der Waals surface area contributed by atoms with Crippen molar-refractivity contribution in [3.8, 4) is 0 Å². The maximum atomic E-state index is 10.8. The van der Waals surface area contributed by atoms with E-state index in [0.717, 1.165) is 12.0 Å². The van der Waals surface area contributed by atoms with Crippen LogP contribution in [0.4, 0.5) is 5.69 Å². The van der Waals surface area contributed by atoms with Gasteiger partial charge in [-0.2, -0.15) is 0 Å². The summed E-state index contributed by atoms with van der Waals surface area (Å²) >= 11 is 0. The Kier molecular flexibility index (Phi) is 5.28. The molecule has 1 unspecified atom stereocenters. The van der Waals surface area contributed by atoms with E-state index in [2.05, 4.69) is 26.1 Å². The van der Waals surface area contributed by atoms with Gasteiger partial charge in [-0.3, -0.25) is 10.1 Å². The van der Waals surface area contributed by atoms with Crippen molar-refractivity contribution >= 4 is 5.69 Å². The van der Waals surface area contributed by atoms with Gasteiger partial charge < -0.3 is 5.32 Å². The molecule has 100 valence electrons. The summed E-state index contributed by atoms with van der Waals surface area (Å²) in [5.41, 5.74) is 1.87. The summed E-state index contributed by atoms with van der Waals surface area (Å²) in [5, 5.41) is 14.2. The summed E-state index contributed by atoms with van der Waals surface area (Å²) in [4.78, 5) is 10.5. The van der Waals surface area contributed by atoms with E-state index in [-0.39, 0.29) is 10.6 Å². The lowest BCUT2D eigenvalue weighted by atomic mass is 10.0. The first-order valence-corrected chi connectivity index (χ1v) is 6.37. The van der Waals surface area contributed by atoms with Crippen LogP contribution in [0, 0.1) is 23.0 Å². The topological polar surface area (TPSA) is 55.2 Å². The fourth-order valence-electron chi connectivity index (χ4n) is 2.04. The third kappa shape index (κ3) is 4.45. The van der Waals surface area contributed by atoms with Gasteiger partial charge in [-0.15, -0.1) is 0 Å². The van der Waals surface area contributed by atoms with Crippen LogP contribution in [0.5, 0.6) is 0 Å². The van der Waals surface area contributed by atoms with Crippen LogP contribution < -0.4 is 5.32 Å². The number of nitrogens with one attached hydrogen (secondary N) is 1. The van der Waals surface area contributed by atoms with Gasteiger partial charge in [-0.1, -0.05) is 26.0 Å². The lowest BCUT2D eigenvalue weighted by Gasteiger charge is -2.15. The summed E-state index contributed by atoms with van der Waals surface area (Å²) in [7, 11) is 0. The van der Waals surface area contributed by atoms with E-state index in [4.69, 9.17) is 0 Å². The molecule has 1 rings (SSSR count). The van der Waals surface area contributed by atoms with Gasteiger partial charge in [-0.25, -0.2) is 0 Å². The second-order valence-corrected chi connectivity index (χ2v) is 5.29. The Balaban J connectivity index is 2.63. The molecule has 1 N–H and O–H groups in total. The van der Waals surface area contributed by atoms with Gasteiger partial charge in [0.1, 0.15) is 0 Å². The Bertz CT molecular complexity index is 416. The summed E-state index contributed by atoms with van der Waals surface area (Å²) in [6, 6.07) is 5.83. The van der Waals surface area contributed by atoms with Gasteiger partial charge in [0.15, 0.2) is 0 Å². The SMILES string of the molecule is Cc1ccc(CNC(C)CC(C)C)cc1[N+](=O)[O-]. The number of hydrogen-bond acceptors (Lipinski definition) is 3. The molecule has 1 aromatic rings. The molecule has 0 fully saturated rings. The maximum absolute atomic E-state index is 10.8. The smallest absolute Gasteiger partial charge is 0.272 e. The van der Waals surface area contributed by atoms with Crippen LogP contribution in [-0.4, -0.2) is 11.0 Å². The van der Waals surface area contributed by atoms with Crippen LogP contribution in [0.25, 0.3) is 0 Å². The number of aryl methyl sites for hydroxylation is 1. The van der Waals surface area contributed by atoms with Crippen LogP contribution >= 0.6 is 0 Å². The van der Waals surface area contributed by atoms with Crippen LogP contribution in [0.1, 0.15) is 38.3 Å². The molecule has 0 aliphatic heterocycles. The summed E-state index contributed by atoms with van der Waals surface area (Å²) < 4.78 is 0. The lowest BCUT2D eigenvalue weighted by Crippen LogP contribution is -2.26. The highest BCUT2D eigenvalue weighted by Gasteiger charge is 2.11. The van der Waals surface area contributed by atoms with Gasteiger partial charge in [0.25, 0.3) is 5.69 Å². The molecule has 1 atom stereocenters. The average Bonchev–Trinajstić information content (AvgIpc) is 2.26. The molecular weight excluding hydrogens is 228 g/mol. The molecule has 0 radical (unpaired) electrons. The van der Waals surface area contributed by atoms with Crippen LogP contribution in [0.15, 0.2) is 18.2 Å². The minimum atomic E-state index is -0.323. The second-order valence-electron chi connectivity index (χ2n) is 5.29. The van der Waals surface area contributed by atoms with Crippen molar-refractivity contribution in [1.82, 2.24) is 5.32 Å². The van der Waals surface area contributed by atoms with Crippen molar-refractivity contribution in [2.45, 2.75) is 46.7 Å². The first kappa shape index (κ1) is 14.6. The zero-order valence-corrected chi connectivity index (χ0v) is 11.6. The predicted molar refractivity (Wildman–Crippen MR) is 73.6 cm³/mol. The fourth-order valence-corrected chi connectivity index (χ4v) is 2.04. The molecule has 1 aromatic carbocycles. The number of nitro benzene ring substituents is 1. The highest BCUT2D eigenvalue weighted by atomic mass is 16.6. The Morgan fingerprint density at radius 2 is 2.00 bits per heavy atom. The van der Waals surface area contributed by atoms with E-state index in [1.165, 1.54) is 0 Å². The van der Waals surface area contributed by atoms with E-state index in [1.54, 1.807) is 13.0 Å². The molecule has 0 aliphatic rings. The molecule has 18 heavy (non-hydrogen) atoms. The lowest BCUT2D eigenvalue weighted by molar-refractivity contribution is -0.385. The average molecular weight is 250 g/mol. The molecule has 4 nitrogen and oxygen atoms in total. The third-order valence-electron chi connectivity index (χ3n) is 2.95. The van der Waals surface area contributed by atoms with Gasteiger partial charge >= 0.3 is 0 Å². The highest BCUT2D eigenvalue weighted by molar-refractivity contribution is 5.42. The predicted octanol–water partition coefficient (Wildman–Crippen LogP) is 3.43. The minimum absolute atomic E-state index is 0.200. The van der Waals surface area contributed by atoms with Crippen LogP contribution in [0.3, 0.4) is 0 Å². The number of benzene rings is 1. The Labute approximate surface area is 109 Å². The Morgan fingerprint density at radius 1 is 1.33 bits per heavy atom. The van der Waals surface area contributed by atoms with Crippen molar-refractivity contribution < 1.29 is 4.92 Å². The van der Waals surface area contributed by atoms with E-state index >= 15 is 0 Å². The van der Waals surface area contributed by atoms with E-state index < -0.39 is 0 Å². The first-order chi connectivity index (χ1) is 8.40. The number of nitrogens with zero attached hydrogens (tertiary/aromatic N) is 1. The Hall–Kier alpha value is -1.42. The Morgan fingerprint density at radius 3 is 2.56 bits per heavy atom. The third-order valence-corrected chi connectivity index (χ3v) is 2.95. The molecule has 0 saturated heterocycles. The minimum Gasteiger partial charge on any atom is -0.310 e. The zero-order chi connectivity index (χ0) is 13.7. The number of hydrogen-bond donors (Lipinski definition) is 1. The zero-order valence-electron chi connectivity index (χ0n) is 11.6. The molecule has 4 heteroatoms. The van der Waals surface area contributed by atoms with E-state index in [1.807, 2.05) is 12.1 Å². The molecule has 0 spiro atoms. The number of rotatable bonds is 6. The first-order valence-electron chi connectivity index (χ1n) is 6.37. The van der Waals surface area contributed by atoms with Gasteiger partial charge in [0, 0.05) is 24.2 Å². The summed E-state index contributed by atoms with van der Waals surface area (Å²) in [5.74, 6) is 0.653. The van der Waals surface area contributed by atoms with E-state index in [0.29, 0.717) is 24.1 Å². The molecule has 0 aromatic heterocycles. The highest BCUT2D eigenvalue weighted by Crippen LogP contribution is 2.19. The van der Waals surface area contributed by atoms with Crippen molar-refractivity contribution in [3.63, 3.8) is 0 Å². The van der Waals surface area contributed by atoms with Gasteiger partial charge in [-0.05, 0) is 31.7 Å². The van der Waals surface area contributed by atoms with Crippen LogP contribution in [0.2, 0.25) is 0 Å². The molecular formula is C14H22N2O2.